The lowest BCUT2D eigenvalue weighted by atomic mass is 10.7. The van der Waals surface area contributed by atoms with Gasteiger partial charge in [0.05, 0.1) is 0 Å². The van der Waals surface area contributed by atoms with Crippen LogP contribution in [0.5, 0.6) is 0 Å². The van der Waals surface area contributed by atoms with E-state index in [4.69, 9.17) is 5.84 Å². The van der Waals surface area contributed by atoms with Gasteiger partial charge in [-0.15, -0.1) is 0 Å². The molecule has 0 bridgehead atoms. The molecular weight excluding hydrogens is 80.0 g/mol. The van der Waals surface area contributed by atoms with E-state index in [1.165, 1.54) is 0 Å². The van der Waals surface area contributed by atoms with E-state index in [1.807, 2.05) is 0 Å². The van der Waals surface area contributed by atoms with E-state index in [9.17, 15) is 4.79 Å². The number of hydrogen-bond donors (Lipinski definition) is 1. The lowest BCUT2D eigenvalue weighted by Crippen LogP contribution is -2.28. The molecule has 0 aromatic carbocycles. The molecule has 0 rings (SSSR count). The predicted molar refractivity (Wildman–Crippen MR) is 22.6 cm³/mol. The van der Waals surface area contributed by atoms with Crippen molar-refractivity contribution in [1.29, 1.82) is 0 Å². The summed E-state index contributed by atoms with van der Waals surface area (Å²) in [6.07, 6.45) is 0.583. The molecule has 0 aromatic heterocycles. The van der Waals surface area contributed by atoms with Gasteiger partial charge >= 0.3 is 0 Å². The Labute approximate surface area is 36.7 Å². The Hall–Kier alpha value is -0.570. The molecule has 0 aliphatic rings. The van der Waals surface area contributed by atoms with Gasteiger partial charge in [-0.05, 0) is 6.92 Å². The van der Waals surface area contributed by atoms with Gasteiger partial charge in [-0.3, -0.25) is 9.80 Å². The molecule has 0 heterocycles. The third-order valence-electron chi connectivity index (χ3n) is 0.501. The first kappa shape index (κ1) is 5.43. The van der Waals surface area contributed by atoms with Crippen LogP contribution in [0, 0.1) is 0 Å². The van der Waals surface area contributed by atoms with E-state index >= 15 is 0 Å². The van der Waals surface area contributed by atoms with Crippen molar-refractivity contribution in [3.05, 3.63) is 0 Å². The van der Waals surface area contributed by atoms with E-state index in [1.54, 1.807) is 6.92 Å². The van der Waals surface area contributed by atoms with Crippen LogP contribution in [0.25, 0.3) is 0 Å². The minimum atomic E-state index is 0.573. The second-order valence-electron chi connectivity index (χ2n) is 0.936. The van der Waals surface area contributed by atoms with Crippen LogP contribution in [0.1, 0.15) is 6.92 Å². The summed E-state index contributed by atoms with van der Waals surface area (Å²) in [4.78, 5) is 9.54. The molecule has 0 atom stereocenters. The zero-order valence-corrected chi connectivity index (χ0v) is 3.72. The highest BCUT2D eigenvalue weighted by atomic mass is 16.1. The van der Waals surface area contributed by atoms with E-state index in [0.29, 0.717) is 13.0 Å². The van der Waals surface area contributed by atoms with Crippen molar-refractivity contribution in [1.82, 2.24) is 5.01 Å². The normalized spacial score (nSPS) is 7.67. The second kappa shape index (κ2) is 2.66. The van der Waals surface area contributed by atoms with Crippen LogP contribution in [0.2, 0.25) is 0 Å². The quantitative estimate of drug-likeness (QED) is 0.211. The van der Waals surface area contributed by atoms with Gasteiger partial charge in [-0.1, -0.05) is 0 Å². The number of hydrazine groups is 1. The molecule has 0 aromatic rings. The monoisotopic (exact) mass is 88.1 g/mol. The maximum absolute atomic E-state index is 9.54. The number of hydrogen-bond acceptors (Lipinski definition) is 2. The molecule has 0 radical (unpaired) electrons. The van der Waals surface area contributed by atoms with Crippen LogP contribution in [0.3, 0.4) is 0 Å². The predicted octanol–water partition coefficient (Wildman–Crippen LogP) is -0.662. The fraction of sp³-hybridized carbons (Fsp3) is 0.667. The summed E-state index contributed by atoms with van der Waals surface area (Å²) in [5.41, 5.74) is 0. The SMILES string of the molecule is CCN(N)C=O. The Balaban J connectivity index is 2.96. The smallest absolute Gasteiger partial charge is 0.223 e. The van der Waals surface area contributed by atoms with Gasteiger partial charge in [-0.25, -0.2) is 5.84 Å². The number of rotatable bonds is 2. The third kappa shape index (κ3) is 1.72. The number of carbonyl (C=O) groups is 1. The standard InChI is InChI=1S/C3H8N2O/c1-2-5(4)3-6/h3H,2,4H2,1H3. The Morgan fingerprint density at radius 2 is 2.50 bits per heavy atom. The maximum Gasteiger partial charge on any atom is 0.223 e. The van der Waals surface area contributed by atoms with Gasteiger partial charge in [-0.2, -0.15) is 0 Å². The number of amides is 1. The van der Waals surface area contributed by atoms with E-state index in [2.05, 4.69) is 0 Å². The summed E-state index contributed by atoms with van der Waals surface area (Å²) in [6, 6.07) is 0. The Bertz CT molecular complexity index is 46.1. The summed E-state index contributed by atoms with van der Waals surface area (Å²) < 4.78 is 0. The van der Waals surface area contributed by atoms with Gasteiger partial charge in [0.25, 0.3) is 0 Å². The molecule has 36 valence electrons. The largest absolute Gasteiger partial charge is 0.284 e. The first-order valence-corrected chi connectivity index (χ1v) is 1.78. The van der Waals surface area contributed by atoms with Gasteiger partial charge in [0, 0.05) is 6.54 Å². The van der Waals surface area contributed by atoms with Crippen LogP contribution in [0.15, 0.2) is 0 Å². The van der Waals surface area contributed by atoms with Crippen LogP contribution in [-0.4, -0.2) is 18.0 Å². The fourth-order valence-corrected chi connectivity index (χ4v) is 0.0745. The molecule has 0 fully saturated rings. The average molecular weight is 88.1 g/mol. The van der Waals surface area contributed by atoms with E-state index < -0.39 is 0 Å². The average Bonchev–Trinajstić information content (AvgIpc) is 1.65. The first-order chi connectivity index (χ1) is 2.81. The van der Waals surface area contributed by atoms with Gasteiger partial charge in [0.15, 0.2) is 0 Å². The fourth-order valence-electron chi connectivity index (χ4n) is 0.0745. The van der Waals surface area contributed by atoms with E-state index in [-0.39, 0.29) is 0 Å². The molecule has 0 aliphatic carbocycles. The Morgan fingerprint density at radius 3 is 2.50 bits per heavy atom. The van der Waals surface area contributed by atoms with Crippen molar-refractivity contribution in [2.24, 2.45) is 5.84 Å². The van der Waals surface area contributed by atoms with Crippen molar-refractivity contribution in [2.45, 2.75) is 6.92 Å². The number of nitrogens with two attached hydrogens (primary N) is 1. The van der Waals surface area contributed by atoms with Crippen LogP contribution >= 0.6 is 0 Å². The van der Waals surface area contributed by atoms with Crippen molar-refractivity contribution in [2.75, 3.05) is 6.54 Å². The van der Waals surface area contributed by atoms with Crippen molar-refractivity contribution in [3.8, 4) is 0 Å². The summed E-state index contributed by atoms with van der Waals surface area (Å²) in [5.74, 6) is 4.94. The molecule has 0 saturated heterocycles. The van der Waals surface area contributed by atoms with Crippen molar-refractivity contribution >= 4 is 6.41 Å². The summed E-state index contributed by atoms with van der Waals surface area (Å²) >= 11 is 0. The summed E-state index contributed by atoms with van der Waals surface area (Å²) in [5, 5.41) is 1.07. The third-order valence-corrected chi connectivity index (χ3v) is 0.501. The molecule has 0 aliphatic heterocycles. The highest BCUT2D eigenvalue weighted by Crippen LogP contribution is 1.60. The van der Waals surface area contributed by atoms with Crippen molar-refractivity contribution < 1.29 is 4.79 Å². The molecule has 0 spiro atoms. The molecule has 0 saturated carbocycles. The molecule has 0 unspecified atom stereocenters. The van der Waals surface area contributed by atoms with Gasteiger partial charge in [0.1, 0.15) is 0 Å². The molecule has 1 amide bonds. The van der Waals surface area contributed by atoms with E-state index in [0.717, 1.165) is 5.01 Å². The highest BCUT2D eigenvalue weighted by molar-refractivity contribution is 5.45. The van der Waals surface area contributed by atoms with Crippen LogP contribution in [0.4, 0.5) is 0 Å². The molecular formula is C3H8N2O. The zero-order valence-electron chi connectivity index (χ0n) is 3.72. The molecule has 2 N–H and O–H groups in total. The molecule has 3 heteroatoms. The Morgan fingerprint density at radius 1 is 2.00 bits per heavy atom. The number of nitrogens with zero attached hydrogens (tertiary/aromatic N) is 1. The van der Waals surface area contributed by atoms with Crippen LogP contribution < -0.4 is 5.84 Å². The minimum Gasteiger partial charge on any atom is -0.284 e. The summed E-state index contributed by atoms with van der Waals surface area (Å²) in [7, 11) is 0. The lowest BCUT2D eigenvalue weighted by Gasteiger charge is -2.01. The molecule has 3 nitrogen and oxygen atoms in total. The second-order valence-corrected chi connectivity index (χ2v) is 0.936. The minimum absolute atomic E-state index is 0.573. The van der Waals surface area contributed by atoms with Gasteiger partial charge in [0.2, 0.25) is 6.41 Å². The zero-order chi connectivity index (χ0) is 4.99. The molecule has 6 heavy (non-hydrogen) atoms. The number of carbonyl (C=O) groups excluding carboxylic acids is 1. The maximum atomic E-state index is 9.54. The summed E-state index contributed by atoms with van der Waals surface area (Å²) in [6.45, 7) is 2.37. The van der Waals surface area contributed by atoms with Crippen LogP contribution in [-0.2, 0) is 4.79 Å². The highest BCUT2D eigenvalue weighted by Gasteiger charge is 1.79. The van der Waals surface area contributed by atoms with Crippen molar-refractivity contribution in [3.63, 3.8) is 0 Å². The Kier molecular flexibility index (Phi) is 2.40. The first-order valence-electron chi connectivity index (χ1n) is 1.78. The topological polar surface area (TPSA) is 46.3 Å². The lowest BCUT2D eigenvalue weighted by molar-refractivity contribution is -0.118. The van der Waals surface area contributed by atoms with Gasteiger partial charge < -0.3 is 0 Å².